The summed E-state index contributed by atoms with van der Waals surface area (Å²) in [5.74, 6) is -0.703. The molecule has 0 spiro atoms. The average molecular weight is 316 g/mol. The van der Waals surface area contributed by atoms with Gasteiger partial charge in [0.15, 0.2) is 0 Å². The monoisotopic (exact) mass is 315 g/mol. The highest BCUT2D eigenvalue weighted by molar-refractivity contribution is 9.10. The minimum absolute atomic E-state index is 0.211. The molecule has 0 aliphatic heterocycles. The number of carbonyl (C=O) groups excluding carboxylic acids is 2. The molecule has 0 aliphatic carbocycles. The maximum atomic E-state index is 10.8. The van der Waals surface area contributed by atoms with Gasteiger partial charge in [-0.1, -0.05) is 6.92 Å². The number of carbonyl (C=O) groups is 2. The second-order valence-corrected chi connectivity index (χ2v) is 4.60. The Morgan fingerprint density at radius 2 is 1.89 bits per heavy atom. The second kappa shape index (κ2) is 7.81. The van der Waals surface area contributed by atoms with E-state index in [0.717, 1.165) is 22.2 Å². The fraction of sp³-hybridized carbons (Fsp3) is 0.417. The number of nitrogens with zero attached hydrogens (tertiary/aromatic N) is 1. The third-order valence-electron chi connectivity index (χ3n) is 2.05. The van der Waals surface area contributed by atoms with Crippen LogP contribution >= 0.6 is 15.9 Å². The Morgan fingerprint density at radius 1 is 1.33 bits per heavy atom. The molecule has 0 radical (unpaired) electrons. The molecule has 0 aromatic carbocycles. The van der Waals surface area contributed by atoms with E-state index < -0.39 is 5.91 Å². The average Bonchev–Trinajstić information content (AvgIpc) is 2.25. The van der Waals surface area contributed by atoms with Crippen LogP contribution < -0.4 is 11.5 Å². The van der Waals surface area contributed by atoms with Gasteiger partial charge in [-0.25, -0.2) is 4.98 Å². The molecule has 0 atom stereocenters. The van der Waals surface area contributed by atoms with E-state index in [2.05, 4.69) is 20.9 Å². The van der Waals surface area contributed by atoms with Gasteiger partial charge in [0.25, 0.3) is 5.91 Å². The second-order valence-electron chi connectivity index (χ2n) is 3.80. The maximum Gasteiger partial charge on any atom is 0.267 e. The molecule has 0 fully saturated rings. The third-order valence-corrected chi connectivity index (χ3v) is 3.25. The highest BCUT2D eigenvalue weighted by atomic mass is 79.9. The van der Waals surface area contributed by atoms with Crippen molar-refractivity contribution in [1.82, 2.24) is 4.98 Å². The normalized spacial score (nSPS) is 9.33. The van der Waals surface area contributed by atoms with Crippen molar-refractivity contribution in [3.63, 3.8) is 0 Å². The number of pyridine rings is 1. The van der Waals surface area contributed by atoms with E-state index in [1.165, 1.54) is 0 Å². The molecule has 1 aromatic rings. The van der Waals surface area contributed by atoms with E-state index in [0.29, 0.717) is 12.1 Å². The first-order chi connectivity index (χ1) is 8.29. The number of rotatable bonds is 3. The number of amides is 2. The van der Waals surface area contributed by atoms with E-state index in [1.807, 2.05) is 20.8 Å². The summed E-state index contributed by atoms with van der Waals surface area (Å²) >= 11 is 3.35. The summed E-state index contributed by atoms with van der Waals surface area (Å²) in [5.41, 5.74) is 11.9. The van der Waals surface area contributed by atoms with E-state index in [9.17, 15) is 9.59 Å². The summed E-state index contributed by atoms with van der Waals surface area (Å²) in [6.07, 6.45) is 1.37. The molecule has 0 aliphatic rings. The Kier molecular flexibility index (Phi) is 7.19. The molecule has 6 heteroatoms. The number of hydrogen-bond acceptors (Lipinski definition) is 3. The van der Waals surface area contributed by atoms with Crippen molar-refractivity contribution in [1.29, 1.82) is 0 Å². The van der Waals surface area contributed by atoms with Gasteiger partial charge in [-0.2, -0.15) is 0 Å². The van der Waals surface area contributed by atoms with Crippen LogP contribution in [0.3, 0.4) is 0 Å². The summed E-state index contributed by atoms with van der Waals surface area (Å²) in [7, 11) is 0. The van der Waals surface area contributed by atoms with Crippen LogP contribution in [0.25, 0.3) is 0 Å². The van der Waals surface area contributed by atoms with Crippen LogP contribution in [-0.4, -0.2) is 16.8 Å². The van der Waals surface area contributed by atoms with Crippen LogP contribution in [0.15, 0.2) is 10.5 Å². The fourth-order valence-corrected chi connectivity index (χ4v) is 1.39. The zero-order valence-corrected chi connectivity index (χ0v) is 12.4. The number of hydrogen-bond donors (Lipinski definition) is 2. The summed E-state index contributed by atoms with van der Waals surface area (Å²) in [5, 5.41) is 0. The molecule has 1 rings (SSSR count). The Labute approximate surface area is 115 Å². The van der Waals surface area contributed by atoms with Crippen molar-refractivity contribution < 1.29 is 9.59 Å². The number of aryl methyl sites for hydroxylation is 2. The molecule has 2 amide bonds. The van der Waals surface area contributed by atoms with Gasteiger partial charge in [-0.3, -0.25) is 9.59 Å². The van der Waals surface area contributed by atoms with Crippen molar-refractivity contribution in [2.75, 3.05) is 0 Å². The summed E-state index contributed by atoms with van der Waals surface area (Å²) in [6.45, 7) is 5.64. The van der Waals surface area contributed by atoms with Crippen molar-refractivity contribution in [3.05, 3.63) is 27.5 Å². The Bertz CT molecular complexity index is 424. The number of primary amides is 2. The predicted molar refractivity (Wildman–Crippen MR) is 74.0 cm³/mol. The van der Waals surface area contributed by atoms with E-state index in [1.54, 1.807) is 6.07 Å². The molecule has 5 nitrogen and oxygen atoms in total. The lowest BCUT2D eigenvalue weighted by atomic mass is 10.2. The van der Waals surface area contributed by atoms with Crippen molar-refractivity contribution in [2.24, 2.45) is 11.5 Å². The molecule has 18 heavy (non-hydrogen) atoms. The molecular weight excluding hydrogens is 298 g/mol. The molecule has 0 unspecified atom stereocenters. The van der Waals surface area contributed by atoms with E-state index in [-0.39, 0.29) is 5.91 Å². The van der Waals surface area contributed by atoms with E-state index in [4.69, 9.17) is 11.5 Å². The van der Waals surface area contributed by atoms with Crippen LogP contribution in [0.2, 0.25) is 0 Å². The smallest absolute Gasteiger partial charge is 0.267 e. The third kappa shape index (κ3) is 5.77. The lowest BCUT2D eigenvalue weighted by Gasteiger charge is -2.03. The number of aromatic nitrogens is 1. The topological polar surface area (TPSA) is 99.1 Å². The predicted octanol–water partition coefficient (Wildman–Crippen LogP) is 1.83. The largest absolute Gasteiger partial charge is 0.370 e. The Morgan fingerprint density at radius 3 is 2.17 bits per heavy atom. The summed E-state index contributed by atoms with van der Waals surface area (Å²) in [6, 6.07) is 1.67. The lowest BCUT2D eigenvalue weighted by Crippen LogP contribution is -2.14. The van der Waals surface area contributed by atoms with Crippen molar-refractivity contribution in [2.45, 2.75) is 33.6 Å². The minimum atomic E-state index is -0.492. The molecule has 1 aromatic heterocycles. The van der Waals surface area contributed by atoms with Gasteiger partial charge < -0.3 is 11.5 Å². The molecular formula is C12H18BrN3O2. The van der Waals surface area contributed by atoms with Crippen molar-refractivity contribution >= 4 is 27.7 Å². The minimum Gasteiger partial charge on any atom is -0.370 e. The standard InChI is InChI=1S/C8H9BrN2O.C4H9NO/c1-4-3-6(8(10)12)11-5(2)7(4)9;1-2-3-4(5)6/h3H,1-2H3,(H2,10,12);2-3H2,1H3,(H2,5,6). The quantitative estimate of drug-likeness (QED) is 0.890. The Balaban J connectivity index is 0.000000411. The molecule has 1 heterocycles. The SMILES string of the molecule is CCCC(N)=O.Cc1cc(C(N)=O)nc(C)c1Br. The van der Waals surface area contributed by atoms with Crippen LogP contribution in [0.1, 0.15) is 41.5 Å². The van der Waals surface area contributed by atoms with Gasteiger partial charge in [-0.15, -0.1) is 0 Å². The first-order valence-corrected chi connectivity index (χ1v) is 6.30. The molecule has 4 N–H and O–H groups in total. The molecule has 0 saturated carbocycles. The van der Waals surface area contributed by atoms with Gasteiger partial charge in [0.2, 0.25) is 5.91 Å². The summed E-state index contributed by atoms with van der Waals surface area (Å²) in [4.78, 5) is 24.6. The summed E-state index contributed by atoms with van der Waals surface area (Å²) < 4.78 is 0.924. The zero-order chi connectivity index (χ0) is 14.3. The van der Waals surface area contributed by atoms with Gasteiger partial charge in [0.1, 0.15) is 5.69 Å². The Hall–Kier alpha value is -1.43. The zero-order valence-electron chi connectivity index (χ0n) is 10.8. The molecule has 0 saturated heterocycles. The number of nitrogens with two attached hydrogens (primary N) is 2. The lowest BCUT2D eigenvalue weighted by molar-refractivity contribution is -0.118. The van der Waals surface area contributed by atoms with Crippen LogP contribution in [0.4, 0.5) is 0 Å². The molecule has 0 bridgehead atoms. The fourth-order valence-electron chi connectivity index (χ4n) is 1.19. The van der Waals surface area contributed by atoms with E-state index >= 15 is 0 Å². The van der Waals surface area contributed by atoms with Gasteiger partial charge in [0.05, 0.1) is 5.69 Å². The van der Waals surface area contributed by atoms with Crippen LogP contribution in [-0.2, 0) is 4.79 Å². The van der Waals surface area contributed by atoms with Gasteiger partial charge in [-0.05, 0) is 47.8 Å². The van der Waals surface area contributed by atoms with Gasteiger partial charge in [0, 0.05) is 10.9 Å². The van der Waals surface area contributed by atoms with Crippen molar-refractivity contribution in [3.8, 4) is 0 Å². The number of halogens is 1. The highest BCUT2D eigenvalue weighted by Gasteiger charge is 2.07. The van der Waals surface area contributed by atoms with Crippen LogP contribution in [0, 0.1) is 13.8 Å². The highest BCUT2D eigenvalue weighted by Crippen LogP contribution is 2.19. The first-order valence-electron chi connectivity index (χ1n) is 5.51. The van der Waals surface area contributed by atoms with Gasteiger partial charge >= 0.3 is 0 Å². The molecule has 100 valence electrons. The van der Waals surface area contributed by atoms with Crippen LogP contribution in [0.5, 0.6) is 0 Å². The maximum absolute atomic E-state index is 10.8. The first kappa shape index (κ1) is 16.6.